The van der Waals surface area contributed by atoms with Gasteiger partial charge in [-0.15, -0.1) is 0 Å². The Morgan fingerprint density at radius 3 is 3.00 bits per heavy atom. The van der Waals surface area contributed by atoms with Gasteiger partial charge in [-0.25, -0.2) is 9.78 Å². The quantitative estimate of drug-likeness (QED) is 0.571. The minimum atomic E-state index is -0.0527. The summed E-state index contributed by atoms with van der Waals surface area (Å²) in [6, 6.07) is 8.15. The Morgan fingerprint density at radius 1 is 1.29 bits per heavy atom. The molecule has 1 fully saturated rings. The summed E-state index contributed by atoms with van der Waals surface area (Å²) < 4.78 is 3.41. The van der Waals surface area contributed by atoms with Crippen molar-refractivity contribution >= 4 is 33.7 Å². The van der Waals surface area contributed by atoms with Crippen molar-refractivity contribution in [3.8, 4) is 0 Å². The van der Waals surface area contributed by atoms with Crippen molar-refractivity contribution in [2.24, 2.45) is 7.05 Å². The van der Waals surface area contributed by atoms with E-state index in [1.54, 1.807) is 28.6 Å². The lowest BCUT2D eigenvalue weighted by molar-refractivity contribution is 0.532. The van der Waals surface area contributed by atoms with Gasteiger partial charge in [-0.3, -0.25) is 14.1 Å². The molecule has 0 unspecified atom stereocenters. The highest BCUT2D eigenvalue weighted by atomic mass is 16.1. The first-order valence-electron chi connectivity index (χ1n) is 9.39. The van der Waals surface area contributed by atoms with E-state index in [2.05, 4.69) is 20.6 Å². The lowest BCUT2D eigenvalue weighted by Crippen LogP contribution is -2.27. The number of pyridine rings is 1. The maximum atomic E-state index is 12.7. The van der Waals surface area contributed by atoms with Crippen LogP contribution in [0.2, 0.25) is 0 Å². The molecule has 4 heterocycles. The monoisotopic (exact) mass is 375 g/mol. The second-order valence-electron chi connectivity index (χ2n) is 7.25. The molecule has 1 aliphatic rings. The largest absolute Gasteiger partial charge is 0.330 e. The predicted molar refractivity (Wildman–Crippen MR) is 109 cm³/mol. The van der Waals surface area contributed by atoms with Gasteiger partial charge in [0.2, 0.25) is 5.95 Å². The summed E-state index contributed by atoms with van der Waals surface area (Å²) in [5.74, 6) is 0.476. The summed E-state index contributed by atoms with van der Waals surface area (Å²) in [7, 11) is 1.76. The Balaban J connectivity index is 1.59. The van der Waals surface area contributed by atoms with E-state index in [4.69, 9.17) is 4.98 Å². The highest BCUT2D eigenvalue weighted by Crippen LogP contribution is 2.25. The minimum Gasteiger partial charge on any atom is -0.324 e. The summed E-state index contributed by atoms with van der Waals surface area (Å²) in [5.41, 5.74) is 4.28. The Bertz CT molecular complexity index is 1250. The molecule has 2 N–H and O–H groups in total. The van der Waals surface area contributed by atoms with E-state index in [0.29, 0.717) is 11.6 Å². The first kappa shape index (κ1) is 16.9. The van der Waals surface area contributed by atoms with Gasteiger partial charge in [0.15, 0.2) is 5.65 Å². The van der Waals surface area contributed by atoms with E-state index in [-0.39, 0.29) is 11.7 Å². The van der Waals surface area contributed by atoms with Gasteiger partial charge in [0.05, 0.1) is 17.8 Å². The molecule has 1 aliphatic heterocycles. The van der Waals surface area contributed by atoms with E-state index in [9.17, 15) is 4.79 Å². The fourth-order valence-electron chi connectivity index (χ4n) is 3.86. The third-order valence-electron chi connectivity index (χ3n) is 5.43. The standard InChI is InChI=1S/C20H21N7O/c1-12-8-16-13(4-3-6-22-16)9-15(12)24-19-23-11-17-18(25-19)27(20(28)26(17)2)14-5-7-21-10-14/h3-4,6,8-9,11,14,21H,5,7,10H2,1-2H3,(H,23,24,25)/t14-/m1/s1. The highest BCUT2D eigenvalue weighted by molar-refractivity contribution is 5.85. The van der Waals surface area contributed by atoms with Crippen LogP contribution in [0, 0.1) is 6.92 Å². The first-order valence-corrected chi connectivity index (χ1v) is 9.39. The van der Waals surface area contributed by atoms with Gasteiger partial charge in [-0.2, -0.15) is 4.98 Å². The lowest BCUT2D eigenvalue weighted by atomic mass is 10.1. The molecular weight excluding hydrogens is 354 g/mol. The van der Waals surface area contributed by atoms with Crippen LogP contribution in [-0.2, 0) is 7.05 Å². The normalized spacial score (nSPS) is 16.9. The summed E-state index contributed by atoms with van der Waals surface area (Å²) >= 11 is 0. The molecule has 4 aromatic rings. The number of hydrogen-bond donors (Lipinski definition) is 2. The van der Waals surface area contributed by atoms with Gasteiger partial charge in [0.1, 0.15) is 5.52 Å². The molecule has 142 valence electrons. The van der Waals surface area contributed by atoms with Crippen LogP contribution in [-0.4, -0.2) is 37.2 Å². The number of anilines is 2. The molecule has 0 bridgehead atoms. The number of nitrogens with zero attached hydrogens (tertiary/aromatic N) is 5. The van der Waals surface area contributed by atoms with E-state index in [1.165, 1.54) is 0 Å². The summed E-state index contributed by atoms with van der Waals surface area (Å²) in [5, 5.41) is 7.68. The van der Waals surface area contributed by atoms with E-state index in [0.717, 1.165) is 47.2 Å². The van der Waals surface area contributed by atoms with Crippen molar-refractivity contribution in [1.82, 2.24) is 29.4 Å². The lowest BCUT2D eigenvalue weighted by Gasteiger charge is -2.12. The van der Waals surface area contributed by atoms with Gasteiger partial charge in [-0.05, 0) is 43.7 Å². The van der Waals surface area contributed by atoms with Gasteiger partial charge >= 0.3 is 5.69 Å². The molecule has 0 amide bonds. The van der Waals surface area contributed by atoms with Gasteiger partial charge in [0.25, 0.3) is 0 Å². The molecule has 1 saturated heterocycles. The van der Waals surface area contributed by atoms with Gasteiger partial charge in [0, 0.05) is 30.9 Å². The molecule has 3 aromatic heterocycles. The fraction of sp³-hybridized carbons (Fsp3) is 0.300. The second-order valence-corrected chi connectivity index (χ2v) is 7.25. The number of aryl methyl sites for hydroxylation is 2. The number of hydrogen-bond acceptors (Lipinski definition) is 6. The number of benzene rings is 1. The maximum absolute atomic E-state index is 12.7. The number of imidazole rings is 1. The van der Waals surface area contributed by atoms with Crippen molar-refractivity contribution in [1.29, 1.82) is 0 Å². The Morgan fingerprint density at radius 2 is 2.18 bits per heavy atom. The Labute approximate surface area is 161 Å². The van der Waals surface area contributed by atoms with E-state index in [1.807, 2.05) is 31.2 Å². The van der Waals surface area contributed by atoms with Crippen LogP contribution in [0.4, 0.5) is 11.6 Å². The minimum absolute atomic E-state index is 0.0527. The van der Waals surface area contributed by atoms with Gasteiger partial charge < -0.3 is 10.6 Å². The van der Waals surface area contributed by atoms with Crippen LogP contribution in [0.3, 0.4) is 0 Å². The number of nitrogens with one attached hydrogen (secondary N) is 2. The molecule has 8 heteroatoms. The Kier molecular flexibility index (Phi) is 3.87. The molecule has 28 heavy (non-hydrogen) atoms. The van der Waals surface area contributed by atoms with Crippen LogP contribution in [0.15, 0.2) is 41.5 Å². The molecule has 8 nitrogen and oxygen atoms in total. The van der Waals surface area contributed by atoms with Crippen molar-refractivity contribution < 1.29 is 0 Å². The van der Waals surface area contributed by atoms with Crippen molar-refractivity contribution in [3.63, 3.8) is 0 Å². The average Bonchev–Trinajstić information content (AvgIpc) is 3.30. The number of rotatable bonds is 3. The third kappa shape index (κ3) is 2.65. The number of fused-ring (bicyclic) bond motifs is 2. The zero-order valence-corrected chi connectivity index (χ0v) is 15.8. The molecule has 1 aromatic carbocycles. The zero-order valence-electron chi connectivity index (χ0n) is 15.8. The Hall–Kier alpha value is -3.26. The summed E-state index contributed by atoms with van der Waals surface area (Å²) in [4.78, 5) is 26.3. The fourth-order valence-corrected chi connectivity index (χ4v) is 3.86. The van der Waals surface area contributed by atoms with Gasteiger partial charge in [-0.1, -0.05) is 6.07 Å². The van der Waals surface area contributed by atoms with Crippen molar-refractivity contribution in [2.45, 2.75) is 19.4 Å². The van der Waals surface area contributed by atoms with Crippen LogP contribution < -0.4 is 16.3 Å². The predicted octanol–water partition coefficient (Wildman–Crippen LogP) is 2.26. The van der Waals surface area contributed by atoms with E-state index >= 15 is 0 Å². The smallest absolute Gasteiger partial charge is 0.324 e. The molecular formula is C20H21N7O. The highest BCUT2D eigenvalue weighted by Gasteiger charge is 2.23. The van der Waals surface area contributed by atoms with Crippen LogP contribution >= 0.6 is 0 Å². The SMILES string of the molecule is Cc1cc2ncccc2cc1Nc1ncc2c(n1)n([C@@H]1CCNC1)c(=O)n2C. The van der Waals surface area contributed by atoms with E-state index < -0.39 is 0 Å². The summed E-state index contributed by atoms with van der Waals surface area (Å²) in [6.07, 6.45) is 4.42. The topological polar surface area (TPSA) is 89.7 Å². The maximum Gasteiger partial charge on any atom is 0.330 e. The molecule has 5 rings (SSSR count). The first-order chi connectivity index (χ1) is 13.6. The average molecular weight is 375 g/mol. The van der Waals surface area contributed by atoms with Crippen LogP contribution in [0.5, 0.6) is 0 Å². The van der Waals surface area contributed by atoms with Crippen molar-refractivity contribution in [2.75, 3.05) is 18.4 Å². The molecule has 0 saturated carbocycles. The number of aromatic nitrogens is 5. The molecule has 0 spiro atoms. The summed E-state index contributed by atoms with van der Waals surface area (Å²) in [6.45, 7) is 3.72. The molecule has 1 atom stereocenters. The zero-order chi connectivity index (χ0) is 19.3. The van der Waals surface area contributed by atoms with Crippen LogP contribution in [0.1, 0.15) is 18.0 Å². The van der Waals surface area contributed by atoms with Crippen LogP contribution in [0.25, 0.3) is 22.1 Å². The van der Waals surface area contributed by atoms with Crippen molar-refractivity contribution in [3.05, 3.63) is 52.7 Å². The third-order valence-corrected chi connectivity index (χ3v) is 5.43. The second kappa shape index (κ2) is 6.42. The molecule has 0 radical (unpaired) electrons. The molecule has 0 aliphatic carbocycles.